The molecule has 0 aliphatic carbocycles. The van der Waals surface area contributed by atoms with Gasteiger partial charge >= 0.3 is 11.9 Å². The van der Waals surface area contributed by atoms with Gasteiger partial charge in [0.2, 0.25) is 0 Å². The molecular weight excluding hydrogens is 404 g/mol. The summed E-state index contributed by atoms with van der Waals surface area (Å²) in [6.45, 7) is 3.64. The number of aromatic amines is 2. The number of carbonyl (C=O) groups is 2. The molecule has 0 fully saturated rings. The van der Waals surface area contributed by atoms with E-state index < -0.39 is 11.9 Å². The van der Waals surface area contributed by atoms with Crippen LogP contribution >= 0.6 is 0 Å². The summed E-state index contributed by atoms with van der Waals surface area (Å²) in [4.78, 5) is 32.5. The molecule has 0 aliphatic rings. The molecule has 32 heavy (non-hydrogen) atoms. The van der Waals surface area contributed by atoms with Gasteiger partial charge in [-0.3, -0.25) is 0 Å². The minimum Gasteiger partial charge on any atom is -0.465 e. The Labute approximate surface area is 186 Å². The van der Waals surface area contributed by atoms with Crippen molar-refractivity contribution in [3.8, 4) is 33.6 Å². The summed E-state index contributed by atoms with van der Waals surface area (Å²) < 4.78 is 10.2. The van der Waals surface area contributed by atoms with E-state index in [4.69, 9.17) is 9.47 Å². The van der Waals surface area contributed by atoms with Gasteiger partial charge in [0.05, 0.1) is 36.7 Å². The van der Waals surface area contributed by atoms with Crippen LogP contribution in [0.15, 0.2) is 60.7 Å². The molecular formula is C26H24N2O4. The van der Waals surface area contributed by atoms with Gasteiger partial charge in [0, 0.05) is 22.5 Å². The molecule has 6 nitrogen and oxygen atoms in total. The van der Waals surface area contributed by atoms with Gasteiger partial charge in [0.15, 0.2) is 0 Å². The maximum absolute atomic E-state index is 12.9. The minimum atomic E-state index is -0.482. The van der Waals surface area contributed by atoms with Crippen molar-refractivity contribution in [2.24, 2.45) is 0 Å². The molecule has 0 unspecified atom stereocenters. The van der Waals surface area contributed by atoms with E-state index in [9.17, 15) is 9.59 Å². The number of hydrogen-bond donors (Lipinski definition) is 2. The minimum absolute atomic E-state index is 0.382. The lowest BCUT2D eigenvalue weighted by Gasteiger charge is -2.12. The molecule has 0 saturated carbocycles. The molecule has 0 spiro atoms. The van der Waals surface area contributed by atoms with Gasteiger partial charge in [-0.25, -0.2) is 9.59 Å². The fraction of sp³-hybridized carbons (Fsp3) is 0.154. The summed E-state index contributed by atoms with van der Waals surface area (Å²) in [5, 5.41) is 0. The standard InChI is InChI=1S/C26H24N2O4/c1-15-19(25(29)31-3)21(23(27-15)17-11-7-5-8-12-17)22-20(26(30)32-4)16(2)28-24(22)18-13-9-6-10-14-18/h5-14,27-28H,1-4H3. The molecule has 0 bridgehead atoms. The summed E-state index contributed by atoms with van der Waals surface area (Å²) in [5.74, 6) is -0.964. The van der Waals surface area contributed by atoms with Crippen molar-refractivity contribution < 1.29 is 19.1 Å². The van der Waals surface area contributed by atoms with E-state index >= 15 is 0 Å². The van der Waals surface area contributed by atoms with Crippen LogP contribution < -0.4 is 0 Å². The second kappa shape index (κ2) is 8.59. The van der Waals surface area contributed by atoms with Crippen molar-refractivity contribution in [1.82, 2.24) is 9.97 Å². The average molecular weight is 428 g/mol. The predicted octanol–water partition coefficient (Wildman–Crippen LogP) is 5.53. The zero-order valence-electron chi connectivity index (χ0n) is 18.4. The first-order valence-electron chi connectivity index (χ1n) is 10.2. The Bertz CT molecular complexity index is 1180. The van der Waals surface area contributed by atoms with E-state index in [0.29, 0.717) is 33.6 Å². The molecule has 2 aromatic heterocycles. The molecule has 2 N–H and O–H groups in total. The number of ether oxygens (including phenoxy) is 2. The van der Waals surface area contributed by atoms with Gasteiger partial charge in [-0.15, -0.1) is 0 Å². The molecule has 162 valence electrons. The zero-order chi connectivity index (χ0) is 22.8. The van der Waals surface area contributed by atoms with Crippen molar-refractivity contribution in [1.29, 1.82) is 0 Å². The Morgan fingerprint density at radius 3 is 1.28 bits per heavy atom. The van der Waals surface area contributed by atoms with Crippen LogP contribution in [0.5, 0.6) is 0 Å². The van der Waals surface area contributed by atoms with Crippen molar-refractivity contribution in [2.45, 2.75) is 13.8 Å². The third-order valence-electron chi connectivity index (χ3n) is 5.53. The Morgan fingerprint density at radius 2 is 0.969 bits per heavy atom. The number of esters is 2. The lowest BCUT2D eigenvalue weighted by atomic mass is 9.91. The number of rotatable bonds is 5. The van der Waals surface area contributed by atoms with E-state index in [2.05, 4.69) is 9.97 Å². The molecule has 6 heteroatoms. The molecule has 0 atom stereocenters. The third kappa shape index (κ3) is 3.50. The van der Waals surface area contributed by atoms with Gasteiger partial charge in [-0.2, -0.15) is 0 Å². The molecule has 0 saturated heterocycles. The number of aromatic nitrogens is 2. The Morgan fingerprint density at radius 1 is 0.625 bits per heavy atom. The fourth-order valence-electron chi connectivity index (χ4n) is 4.11. The third-order valence-corrected chi connectivity index (χ3v) is 5.53. The summed E-state index contributed by atoms with van der Waals surface area (Å²) in [5.41, 5.74) is 6.49. The maximum Gasteiger partial charge on any atom is 0.340 e. The van der Waals surface area contributed by atoms with Crippen LogP contribution in [0.25, 0.3) is 33.6 Å². The van der Waals surface area contributed by atoms with E-state index in [1.807, 2.05) is 74.5 Å². The number of H-pyrrole nitrogens is 2. The SMILES string of the molecule is COC(=O)c1c(C)[nH]c(-c2ccccc2)c1-c1c(-c2ccccc2)[nH]c(C)c1C(=O)OC. The number of nitrogens with one attached hydrogen (secondary N) is 2. The van der Waals surface area contributed by atoms with Gasteiger partial charge in [0.25, 0.3) is 0 Å². The number of benzene rings is 2. The molecule has 0 aliphatic heterocycles. The van der Waals surface area contributed by atoms with Crippen molar-refractivity contribution >= 4 is 11.9 Å². The fourth-order valence-corrected chi connectivity index (χ4v) is 4.11. The lowest BCUT2D eigenvalue weighted by Crippen LogP contribution is -2.07. The second-order valence-electron chi connectivity index (χ2n) is 7.47. The van der Waals surface area contributed by atoms with Crippen LogP contribution in [-0.4, -0.2) is 36.1 Å². The highest BCUT2D eigenvalue weighted by atomic mass is 16.5. The second-order valence-corrected chi connectivity index (χ2v) is 7.47. The van der Waals surface area contributed by atoms with E-state index in [1.165, 1.54) is 14.2 Å². The summed E-state index contributed by atoms with van der Waals surface area (Å²) in [7, 11) is 2.70. The first-order valence-corrected chi connectivity index (χ1v) is 10.2. The van der Waals surface area contributed by atoms with Gasteiger partial charge < -0.3 is 19.4 Å². The van der Waals surface area contributed by atoms with Crippen LogP contribution in [0.1, 0.15) is 32.1 Å². The first-order chi connectivity index (χ1) is 15.5. The normalized spacial score (nSPS) is 10.8. The highest BCUT2D eigenvalue weighted by molar-refractivity contribution is 6.11. The first kappa shape index (κ1) is 21.2. The highest BCUT2D eigenvalue weighted by Crippen LogP contribution is 2.44. The molecule has 4 rings (SSSR count). The van der Waals surface area contributed by atoms with Crippen molar-refractivity contribution in [3.05, 3.63) is 83.2 Å². The van der Waals surface area contributed by atoms with E-state index in [1.54, 1.807) is 0 Å². The molecule has 0 radical (unpaired) electrons. The Balaban J connectivity index is 2.16. The number of hydrogen-bond acceptors (Lipinski definition) is 4. The topological polar surface area (TPSA) is 84.2 Å². The largest absolute Gasteiger partial charge is 0.465 e. The highest BCUT2D eigenvalue weighted by Gasteiger charge is 2.32. The van der Waals surface area contributed by atoms with Gasteiger partial charge in [-0.05, 0) is 25.0 Å². The van der Waals surface area contributed by atoms with Crippen molar-refractivity contribution in [3.63, 3.8) is 0 Å². The smallest absolute Gasteiger partial charge is 0.340 e. The van der Waals surface area contributed by atoms with Crippen LogP contribution in [0.2, 0.25) is 0 Å². The number of aryl methyl sites for hydroxylation is 2. The van der Waals surface area contributed by atoms with Crippen LogP contribution in [0, 0.1) is 13.8 Å². The molecule has 4 aromatic rings. The quantitative estimate of drug-likeness (QED) is 0.409. The Kier molecular flexibility index (Phi) is 5.69. The van der Waals surface area contributed by atoms with Gasteiger partial charge in [0.1, 0.15) is 0 Å². The maximum atomic E-state index is 12.9. The summed E-state index contributed by atoms with van der Waals surface area (Å²) in [6, 6.07) is 19.4. The molecule has 2 heterocycles. The van der Waals surface area contributed by atoms with Crippen LogP contribution in [-0.2, 0) is 9.47 Å². The monoisotopic (exact) mass is 428 g/mol. The summed E-state index contributed by atoms with van der Waals surface area (Å²) in [6.07, 6.45) is 0. The summed E-state index contributed by atoms with van der Waals surface area (Å²) >= 11 is 0. The van der Waals surface area contributed by atoms with E-state index in [-0.39, 0.29) is 0 Å². The molecule has 2 aromatic carbocycles. The van der Waals surface area contributed by atoms with E-state index in [0.717, 1.165) is 22.5 Å². The molecule has 0 amide bonds. The zero-order valence-corrected chi connectivity index (χ0v) is 18.4. The van der Waals surface area contributed by atoms with Gasteiger partial charge in [-0.1, -0.05) is 60.7 Å². The Hall–Kier alpha value is -4.06. The van der Waals surface area contributed by atoms with Crippen LogP contribution in [0.4, 0.5) is 0 Å². The lowest BCUT2D eigenvalue weighted by molar-refractivity contribution is 0.0589. The van der Waals surface area contributed by atoms with Crippen LogP contribution in [0.3, 0.4) is 0 Å². The van der Waals surface area contributed by atoms with Crippen molar-refractivity contribution in [2.75, 3.05) is 14.2 Å². The number of methoxy groups -OCH3 is 2. The predicted molar refractivity (Wildman–Crippen MR) is 124 cm³/mol. The number of carbonyl (C=O) groups excluding carboxylic acids is 2. The average Bonchev–Trinajstić information content (AvgIpc) is 3.35.